The van der Waals surface area contributed by atoms with Crippen LogP contribution in [0.4, 0.5) is 15.8 Å². The van der Waals surface area contributed by atoms with E-state index in [-0.39, 0.29) is 11.7 Å². The Labute approximate surface area is 138 Å². The molecule has 5 nitrogen and oxygen atoms in total. The van der Waals surface area contributed by atoms with Gasteiger partial charge in [0.2, 0.25) is 0 Å². The number of rotatable bonds is 5. The van der Waals surface area contributed by atoms with Crippen molar-refractivity contribution in [3.63, 3.8) is 0 Å². The molecule has 0 unspecified atom stereocenters. The number of carbonyl (C=O) groups is 1. The van der Waals surface area contributed by atoms with E-state index in [0.717, 1.165) is 16.6 Å². The van der Waals surface area contributed by atoms with Gasteiger partial charge < -0.3 is 19.8 Å². The summed E-state index contributed by atoms with van der Waals surface area (Å²) < 4.78 is 23.6. The van der Waals surface area contributed by atoms with Crippen LogP contribution in [0.5, 0.6) is 5.75 Å². The second-order valence-corrected chi connectivity index (χ2v) is 5.18. The van der Waals surface area contributed by atoms with Gasteiger partial charge in [-0.05, 0) is 37.3 Å². The SMILES string of the molecule is CCOC(=O)c1cc2ccc(Nc3ccc(OC)c(F)c3)cc2[nH]1. The number of hydrogen-bond donors (Lipinski definition) is 2. The predicted octanol–water partition coefficient (Wildman–Crippen LogP) is 4.24. The van der Waals surface area contributed by atoms with Gasteiger partial charge in [0.15, 0.2) is 11.6 Å². The molecule has 0 atom stereocenters. The summed E-state index contributed by atoms with van der Waals surface area (Å²) in [6.07, 6.45) is 0. The van der Waals surface area contributed by atoms with Gasteiger partial charge in [0.1, 0.15) is 5.69 Å². The smallest absolute Gasteiger partial charge is 0.354 e. The first-order valence-electron chi connectivity index (χ1n) is 7.51. The van der Waals surface area contributed by atoms with Gasteiger partial charge in [0, 0.05) is 28.3 Å². The van der Waals surface area contributed by atoms with Crippen molar-refractivity contribution in [2.24, 2.45) is 0 Å². The van der Waals surface area contributed by atoms with E-state index in [4.69, 9.17) is 9.47 Å². The van der Waals surface area contributed by atoms with Crippen LogP contribution >= 0.6 is 0 Å². The number of fused-ring (bicyclic) bond motifs is 1. The minimum Gasteiger partial charge on any atom is -0.494 e. The Bertz CT molecular complexity index is 889. The molecular weight excluding hydrogens is 311 g/mol. The number of esters is 1. The molecule has 2 aromatic carbocycles. The minimum atomic E-state index is -0.437. The molecule has 3 rings (SSSR count). The van der Waals surface area contributed by atoms with Crippen LogP contribution in [0.25, 0.3) is 10.9 Å². The monoisotopic (exact) mass is 328 g/mol. The van der Waals surface area contributed by atoms with E-state index in [1.165, 1.54) is 13.2 Å². The van der Waals surface area contributed by atoms with Crippen molar-refractivity contribution in [2.75, 3.05) is 19.0 Å². The lowest BCUT2D eigenvalue weighted by Crippen LogP contribution is -2.04. The Hall–Kier alpha value is -3.02. The summed E-state index contributed by atoms with van der Waals surface area (Å²) in [4.78, 5) is 14.8. The van der Waals surface area contributed by atoms with Gasteiger partial charge in [-0.15, -0.1) is 0 Å². The van der Waals surface area contributed by atoms with Crippen LogP contribution in [0.2, 0.25) is 0 Å². The predicted molar refractivity (Wildman–Crippen MR) is 90.5 cm³/mol. The first kappa shape index (κ1) is 15.9. The zero-order valence-corrected chi connectivity index (χ0v) is 13.4. The lowest BCUT2D eigenvalue weighted by Gasteiger charge is -2.08. The first-order valence-corrected chi connectivity index (χ1v) is 7.51. The van der Waals surface area contributed by atoms with Crippen molar-refractivity contribution in [1.82, 2.24) is 4.98 Å². The average molecular weight is 328 g/mol. The van der Waals surface area contributed by atoms with Gasteiger partial charge in [0.25, 0.3) is 0 Å². The van der Waals surface area contributed by atoms with Crippen molar-refractivity contribution >= 4 is 28.2 Å². The molecule has 0 aliphatic carbocycles. The van der Waals surface area contributed by atoms with Crippen LogP contribution in [0.1, 0.15) is 17.4 Å². The number of hydrogen-bond acceptors (Lipinski definition) is 4. The molecule has 0 aliphatic heterocycles. The van der Waals surface area contributed by atoms with Crippen molar-refractivity contribution in [3.05, 3.63) is 54.0 Å². The number of benzene rings is 2. The Morgan fingerprint density at radius 3 is 2.62 bits per heavy atom. The molecule has 6 heteroatoms. The highest BCUT2D eigenvalue weighted by Gasteiger charge is 2.11. The van der Waals surface area contributed by atoms with Crippen molar-refractivity contribution in [1.29, 1.82) is 0 Å². The van der Waals surface area contributed by atoms with E-state index in [1.807, 2.05) is 18.2 Å². The minimum absolute atomic E-state index is 0.194. The summed E-state index contributed by atoms with van der Waals surface area (Å²) in [6.45, 7) is 2.08. The van der Waals surface area contributed by atoms with Gasteiger partial charge in [0.05, 0.1) is 13.7 Å². The number of aromatic amines is 1. The largest absolute Gasteiger partial charge is 0.494 e. The Kier molecular flexibility index (Phi) is 4.37. The molecule has 0 fully saturated rings. The summed E-state index contributed by atoms with van der Waals surface area (Å²) in [6, 6.07) is 12.0. The third-order valence-corrected chi connectivity index (χ3v) is 3.56. The van der Waals surface area contributed by atoms with Gasteiger partial charge in [-0.25, -0.2) is 9.18 Å². The van der Waals surface area contributed by atoms with Crippen LogP contribution in [-0.4, -0.2) is 24.7 Å². The number of nitrogens with one attached hydrogen (secondary N) is 2. The molecular formula is C18H17FN2O3. The summed E-state index contributed by atoms with van der Waals surface area (Å²) in [5.74, 6) is -0.632. The Morgan fingerprint density at radius 1 is 1.17 bits per heavy atom. The van der Waals surface area contributed by atoms with E-state index in [9.17, 15) is 9.18 Å². The highest BCUT2D eigenvalue weighted by Crippen LogP contribution is 2.26. The summed E-state index contributed by atoms with van der Waals surface area (Å²) in [5, 5.41) is 4.01. The van der Waals surface area contributed by atoms with Crippen molar-refractivity contribution in [3.8, 4) is 5.75 Å². The lowest BCUT2D eigenvalue weighted by atomic mass is 10.2. The highest BCUT2D eigenvalue weighted by molar-refractivity contribution is 5.95. The second kappa shape index (κ2) is 6.62. The third kappa shape index (κ3) is 3.17. The molecule has 3 aromatic rings. The molecule has 0 saturated carbocycles. The van der Waals surface area contributed by atoms with E-state index in [2.05, 4.69) is 10.3 Å². The zero-order chi connectivity index (χ0) is 17.1. The maximum atomic E-state index is 13.7. The molecule has 124 valence electrons. The van der Waals surface area contributed by atoms with Crippen LogP contribution in [0.15, 0.2) is 42.5 Å². The molecule has 2 N–H and O–H groups in total. The van der Waals surface area contributed by atoms with Gasteiger partial charge in [-0.1, -0.05) is 6.07 Å². The van der Waals surface area contributed by atoms with E-state index in [1.54, 1.807) is 25.1 Å². The number of ether oxygens (including phenoxy) is 2. The van der Waals surface area contributed by atoms with Crippen LogP contribution in [-0.2, 0) is 4.74 Å². The maximum absolute atomic E-state index is 13.7. The third-order valence-electron chi connectivity index (χ3n) is 3.56. The van der Waals surface area contributed by atoms with Crippen LogP contribution < -0.4 is 10.1 Å². The summed E-state index contributed by atoms with van der Waals surface area (Å²) in [7, 11) is 1.42. The quantitative estimate of drug-likeness (QED) is 0.688. The number of halogens is 1. The molecule has 0 radical (unpaired) electrons. The van der Waals surface area contributed by atoms with Gasteiger partial charge >= 0.3 is 5.97 Å². The number of carbonyl (C=O) groups excluding carboxylic acids is 1. The Morgan fingerprint density at radius 2 is 1.92 bits per heavy atom. The Balaban J connectivity index is 1.85. The summed E-state index contributed by atoms with van der Waals surface area (Å²) in [5.41, 5.74) is 2.56. The molecule has 0 aliphatic rings. The molecule has 1 aromatic heterocycles. The normalized spacial score (nSPS) is 10.6. The average Bonchev–Trinajstić information content (AvgIpc) is 2.99. The maximum Gasteiger partial charge on any atom is 0.354 e. The van der Waals surface area contributed by atoms with Crippen LogP contribution in [0, 0.1) is 5.82 Å². The van der Waals surface area contributed by atoms with Crippen molar-refractivity contribution in [2.45, 2.75) is 6.92 Å². The zero-order valence-electron chi connectivity index (χ0n) is 13.4. The molecule has 0 saturated heterocycles. The molecule has 0 spiro atoms. The fourth-order valence-corrected chi connectivity index (χ4v) is 2.43. The van der Waals surface area contributed by atoms with Gasteiger partial charge in [-0.3, -0.25) is 0 Å². The fourth-order valence-electron chi connectivity index (χ4n) is 2.43. The molecule has 24 heavy (non-hydrogen) atoms. The summed E-state index contributed by atoms with van der Waals surface area (Å²) >= 11 is 0. The molecule has 0 bridgehead atoms. The van der Waals surface area contributed by atoms with E-state index in [0.29, 0.717) is 18.0 Å². The first-order chi connectivity index (χ1) is 11.6. The standard InChI is InChI=1S/C18H17FN2O3/c1-3-24-18(22)16-8-11-4-5-13(10-15(11)21-16)20-12-6-7-17(23-2)14(19)9-12/h4-10,20-21H,3H2,1-2H3. The molecule has 0 amide bonds. The van der Waals surface area contributed by atoms with Crippen molar-refractivity contribution < 1.29 is 18.7 Å². The lowest BCUT2D eigenvalue weighted by molar-refractivity contribution is 0.0520. The fraction of sp³-hybridized carbons (Fsp3) is 0.167. The topological polar surface area (TPSA) is 63.4 Å². The van der Waals surface area contributed by atoms with E-state index >= 15 is 0 Å². The van der Waals surface area contributed by atoms with Crippen LogP contribution in [0.3, 0.4) is 0 Å². The van der Waals surface area contributed by atoms with E-state index < -0.39 is 5.82 Å². The number of methoxy groups -OCH3 is 1. The van der Waals surface area contributed by atoms with Gasteiger partial charge in [-0.2, -0.15) is 0 Å². The number of anilines is 2. The molecule has 1 heterocycles. The highest BCUT2D eigenvalue weighted by atomic mass is 19.1. The second-order valence-electron chi connectivity index (χ2n) is 5.18. The number of H-pyrrole nitrogens is 1. The number of aromatic nitrogens is 1.